The monoisotopic (exact) mass is 677 g/mol. The van der Waals surface area contributed by atoms with E-state index < -0.39 is 22.5 Å². The molecule has 3 aromatic carbocycles. The number of aromatic nitrogens is 1. The maximum absolute atomic E-state index is 13.7. The van der Waals surface area contributed by atoms with E-state index in [2.05, 4.69) is 15.9 Å². The van der Waals surface area contributed by atoms with Crippen LogP contribution in [0.15, 0.2) is 86.6 Å². The summed E-state index contributed by atoms with van der Waals surface area (Å²) in [5.41, 5.74) is 1.72. The van der Waals surface area contributed by atoms with E-state index in [9.17, 15) is 19.7 Å². The zero-order valence-electron chi connectivity index (χ0n) is 24.1. The summed E-state index contributed by atoms with van der Waals surface area (Å²) < 4.78 is 19.4. The van der Waals surface area contributed by atoms with Gasteiger partial charge in [0.2, 0.25) is 0 Å². The van der Waals surface area contributed by atoms with Crippen molar-refractivity contribution in [3.63, 3.8) is 0 Å². The van der Waals surface area contributed by atoms with E-state index >= 15 is 0 Å². The highest BCUT2D eigenvalue weighted by Crippen LogP contribution is 2.36. The van der Waals surface area contributed by atoms with E-state index in [4.69, 9.17) is 19.2 Å². The SMILES string of the molecule is CCOC(=O)C1=C(C)n2c(s/c(=C\c3cc(OCC)c(OCc4ccccc4)cc3[N+](=O)[O-])c2=O)=N[C@@H]1c1ccc(Br)cc1. The predicted molar refractivity (Wildman–Crippen MR) is 170 cm³/mol. The molecule has 0 unspecified atom stereocenters. The minimum atomic E-state index is -0.701. The molecule has 226 valence electrons. The number of hydrogen-bond donors (Lipinski definition) is 0. The summed E-state index contributed by atoms with van der Waals surface area (Å²) in [6.07, 6.45) is 1.45. The van der Waals surface area contributed by atoms with E-state index in [1.54, 1.807) is 20.8 Å². The molecule has 0 saturated heterocycles. The van der Waals surface area contributed by atoms with Gasteiger partial charge >= 0.3 is 5.97 Å². The number of nitro groups is 1. The number of carbonyl (C=O) groups excluding carboxylic acids is 1. The average molecular weight is 679 g/mol. The number of nitro benzene ring substituents is 1. The Morgan fingerprint density at radius 3 is 2.43 bits per heavy atom. The summed E-state index contributed by atoms with van der Waals surface area (Å²) in [6.45, 7) is 5.82. The van der Waals surface area contributed by atoms with Crippen LogP contribution in [-0.2, 0) is 16.1 Å². The Hall–Kier alpha value is -4.55. The summed E-state index contributed by atoms with van der Waals surface area (Å²) in [5, 5.41) is 12.2. The van der Waals surface area contributed by atoms with Crippen molar-refractivity contribution in [3.8, 4) is 11.5 Å². The highest BCUT2D eigenvalue weighted by Gasteiger charge is 2.31. The Labute approximate surface area is 264 Å². The summed E-state index contributed by atoms with van der Waals surface area (Å²) in [5.74, 6) is -0.0478. The van der Waals surface area contributed by atoms with Crippen molar-refractivity contribution in [3.05, 3.63) is 123 Å². The summed E-state index contributed by atoms with van der Waals surface area (Å²) in [7, 11) is 0. The van der Waals surface area contributed by atoms with Crippen molar-refractivity contribution in [2.24, 2.45) is 4.99 Å². The number of rotatable bonds is 10. The lowest BCUT2D eigenvalue weighted by Gasteiger charge is -2.22. The molecule has 4 aromatic rings. The average Bonchev–Trinajstić information content (AvgIpc) is 3.32. The third-order valence-corrected chi connectivity index (χ3v) is 8.35. The van der Waals surface area contributed by atoms with Gasteiger partial charge in [-0.05, 0) is 56.2 Å². The van der Waals surface area contributed by atoms with Crippen molar-refractivity contribution in [1.29, 1.82) is 0 Å². The molecule has 1 aliphatic heterocycles. The fourth-order valence-corrected chi connectivity index (χ4v) is 6.09. The van der Waals surface area contributed by atoms with E-state index in [-0.39, 0.29) is 40.3 Å². The molecule has 0 amide bonds. The number of ether oxygens (including phenoxy) is 3. The van der Waals surface area contributed by atoms with Crippen molar-refractivity contribution < 1.29 is 23.9 Å². The molecule has 12 heteroatoms. The first-order chi connectivity index (χ1) is 21.2. The predicted octanol–water partition coefficient (Wildman–Crippen LogP) is 5.56. The topological polar surface area (TPSA) is 122 Å². The number of thiazole rings is 1. The first-order valence-corrected chi connectivity index (χ1v) is 15.4. The molecular formula is C32H28BrN3O7S. The van der Waals surface area contributed by atoms with E-state index in [0.29, 0.717) is 22.9 Å². The fraction of sp³-hybridized carbons (Fsp3) is 0.219. The molecule has 0 saturated carbocycles. The molecule has 1 atom stereocenters. The third kappa shape index (κ3) is 6.36. The smallest absolute Gasteiger partial charge is 0.338 e. The third-order valence-electron chi connectivity index (χ3n) is 6.84. The molecule has 1 aliphatic rings. The normalized spacial score (nSPS) is 14.5. The Balaban J connectivity index is 1.65. The number of benzene rings is 3. The van der Waals surface area contributed by atoms with Gasteiger partial charge in [-0.3, -0.25) is 19.5 Å². The molecule has 0 bridgehead atoms. The van der Waals surface area contributed by atoms with Crippen LogP contribution in [0.2, 0.25) is 0 Å². The summed E-state index contributed by atoms with van der Waals surface area (Å²) in [6, 6.07) is 18.9. The van der Waals surface area contributed by atoms with Gasteiger partial charge in [0, 0.05) is 10.2 Å². The van der Waals surface area contributed by atoms with Gasteiger partial charge in [-0.1, -0.05) is 69.7 Å². The number of hydrogen-bond acceptors (Lipinski definition) is 9. The number of fused-ring (bicyclic) bond motifs is 1. The van der Waals surface area contributed by atoms with Crippen LogP contribution >= 0.6 is 27.3 Å². The summed E-state index contributed by atoms with van der Waals surface area (Å²) >= 11 is 4.51. The van der Waals surface area contributed by atoms with Gasteiger partial charge in [0.25, 0.3) is 11.2 Å². The maximum atomic E-state index is 13.7. The van der Waals surface area contributed by atoms with Crippen LogP contribution in [0, 0.1) is 10.1 Å². The van der Waals surface area contributed by atoms with Crippen molar-refractivity contribution in [2.75, 3.05) is 13.2 Å². The number of halogens is 1. The number of esters is 1. The molecule has 5 rings (SSSR count). The number of nitrogens with zero attached hydrogens (tertiary/aromatic N) is 3. The van der Waals surface area contributed by atoms with Gasteiger partial charge in [-0.15, -0.1) is 0 Å². The zero-order chi connectivity index (χ0) is 31.4. The molecule has 0 spiro atoms. The second kappa shape index (κ2) is 13.4. The van der Waals surface area contributed by atoms with Crippen molar-refractivity contribution in [1.82, 2.24) is 4.57 Å². The fourth-order valence-electron chi connectivity index (χ4n) is 4.80. The first kappa shape index (κ1) is 30.9. The lowest BCUT2D eigenvalue weighted by Crippen LogP contribution is -2.35. The molecule has 0 N–H and O–H groups in total. The van der Waals surface area contributed by atoms with E-state index in [1.807, 2.05) is 54.6 Å². The Bertz CT molecular complexity index is 1930. The summed E-state index contributed by atoms with van der Waals surface area (Å²) in [4.78, 5) is 43.6. The van der Waals surface area contributed by atoms with Crippen LogP contribution in [0.1, 0.15) is 43.5 Å². The Kier molecular flexibility index (Phi) is 9.40. The number of allylic oxidation sites excluding steroid dienone is 1. The van der Waals surface area contributed by atoms with Crippen LogP contribution in [0.25, 0.3) is 11.8 Å². The molecule has 0 fully saturated rings. The highest BCUT2D eigenvalue weighted by molar-refractivity contribution is 9.10. The molecule has 1 aromatic heterocycles. The Morgan fingerprint density at radius 1 is 1.07 bits per heavy atom. The quantitative estimate of drug-likeness (QED) is 0.122. The van der Waals surface area contributed by atoms with Crippen LogP contribution in [0.5, 0.6) is 11.5 Å². The largest absolute Gasteiger partial charge is 0.490 e. The second-order valence-corrected chi connectivity index (χ2v) is 11.6. The van der Waals surface area contributed by atoms with Gasteiger partial charge in [-0.2, -0.15) is 0 Å². The molecule has 0 aliphatic carbocycles. The molecule has 44 heavy (non-hydrogen) atoms. The van der Waals surface area contributed by atoms with Crippen molar-refractivity contribution >= 4 is 50.7 Å². The molecule has 2 heterocycles. The molecule has 0 radical (unpaired) electrons. The molecule has 10 nitrogen and oxygen atoms in total. The van der Waals surface area contributed by atoms with Gasteiger partial charge in [0.05, 0.1) is 39.9 Å². The minimum Gasteiger partial charge on any atom is -0.490 e. The standard InChI is InChI=1S/C32H28BrN3O7S/c1-4-41-25-15-22(24(36(39)40)17-26(25)43-18-20-9-7-6-8-10-20)16-27-30(37)35-19(3)28(31(38)42-5-2)29(34-32(35)44-27)21-11-13-23(33)14-12-21/h6-17,29H,4-5,18H2,1-3H3/b27-16-/t29-/m1/s1. The van der Waals surface area contributed by atoms with Crippen LogP contribution in [0.4, 0.5) is 5.69 Å². The van der Waals surface area contributed by atoms with E-state index in [0.717, 1.165) is 26.9 Å². The first-order valence-electron chi connectivity index (χ1n) is 13.8. The van der Waals surface area contributed by atoms with Crippen LogP contribution in [-0.4, -0.2) is 28.7 Å². The zero-order valence-corrected chi connectivity index (χ0v) is 26.5. The van der Waals surface area contributed by atoms with Gasteiger partial charge in [0.1, 0.15) is 12.6 Å². The van der Waals surface area contributed by atoms with Gasteiger partial charge in [-0.25, -0.2) is 9.79 Å². The van der Waals surface area contributed by atoms with Crippen LogP contribution in [0.3, 0.4) is 0 Å². The maximum Gasteiger partial charge on any atom is 0.338 e. The lowest BCUT2D eigenvalue weighted by atomic mass is 9.97. The molecular weight excluding hydrogens is 650 g/mol. The highest BCUT2D eigenvalue weighted by atomic mass is 79.9. The minimum absolute atomic E-state index is 0.157. The van der Waals surface area contributed by atoms with Gasteiger partial charge < -0.3 is 14.2 Å². The van der Waals surface area contributed by atoms with Crippen LogP contribution < -0.4 is 24.4 Å². The van der Waals surface area contributed by atoms with E-state index in [1.165, 1.54) is 22.8 Å². The lowest BCUT2D eigenvalue weighted by molar-refractivity contribution is -0.385. The van der Waals surface area contributed by atoms with Crippen molar-refractivity contribution in [2.45, 2.75) is 33.4 Å². The second-order valence-electron chi connectivity index (χ2n) is 9.66. The Morgan fingerprint density at radius 2 is 1.77 bits per heavy atom. The number of carbonyl (C=O) groups is 1. The van der Waals surface area contributed by atoms with Gasteiger partial charge in [0.15, 0.2) is 16.3 Å².